The van der Waals surface area contributed by atoms with E-state index >= 15 is 0 Å². The molecule has 3 aliphatic heterocycles. The Kier molecular flexibility index (Phi) is 6.16. The molecule has 3 amide bonds. The highest BCUT2D eigenvalue weighted by atomic mass is 16.2. The largest absolute Gasteiger partial charge is 0.325 e. The molecule has 3 aliphatic rings. The van der Waals surface area contributed by atoms with Gasteiger partial charge in [-0.25, -0.2) is 4.79 Å². The van der Waals surface area contributed by atoms with E-state index in [0.29, 0.717) is 5.92 Å². The van der Waals surface area contributed by atoms with Crippen LogP contribution in [-0.4, -0.2) is 70.9 Å². The summed E-state index contributed by atoms with van der Waals surface area (Å²) in [7, 11) is 0. The van der Waals surface area contributed by atoms with E-state index in [1.54, 1.807) is 4.90 Å². The van der Waals surface area contributed by atoms with Crippen molar-refractivity contribution in [2.45, 2.75) is 64.6 Å². The van der Waals surface area contributed by atoms with Crippen LogP contribution in [0.5, 0.6) is 0 Å². The van der Waals surface area contributed by atoms with Crippen molar-refractivity contribution in [2.24, 2.45) is 5.92 Å². The lowest BCUT2D eigenvalue weighted by molar-refractivity contribution is -0.135. The summed E-state index contributed by atoms with van der Waals surface area (Å²) in [5.41, 5.74) is 1.88. The number of imide groups is 1. The lowest BCUT2D eigenvalue weighted by Crippen LogP contribution is -2.56. The smallest absolute Gasteiger partial charge is 0.323 e. The van der Waals surface area contributed by atoms with Crippen LogP contribution in [-0.2, 0) is 11.3 Å². The monoisotopic (exact) mass is 412 g/mol. The van der Waals surface area contributed by atoms with Crippen molar-refractivity contribution in [3.8, 4) is 0 Å². The van der Waals surface area contributed by atoms with Crippen LogP contribution in [0.1, 0.15) is 50.7 Å². The van der Waals surface area contributed by atoms with E-state index in [0.717, 1.165) is 65.0 Å². The molecular formula is C24H36N4O2. The number of piperidine rings is 2. The molecule has 164 valence electrons. The summed E-state index contributed by atoms with van der Waals surface area (Å²) < 4.78 is 0. The summed E-state index contributed by atoms with van der Waals surface area (Å²) in [6.45, 7) is 12.0. The third-order valence-electron chi connectivity index (χ3n) is 6.86. The first-order valence-corrected chi connectivity index (χ1v) is 11.5. The average molecular weight is 413 g/mol. The van der Waals surface area contributed by atoms with Gasteiger partial charge in [-0.3, -0.25) is 14.6 Å². The van der Waals surface area contributed by atoms with Crippen LogP contribution < -0.4 is 5.32 Å². The van der Waals surface area contributed by atoms with Gasteiger partial charge >= 0.3 is 6.03 Å². The summed E-state index contributed by atoms with van der Waals surface area (Å²) in [5, 5.41) is 3.10. The number of benzene rings is 1. The molecule has 1 aromatic carbocycles. The SMILES string of the molecule is Cc1cccc(CN2CCC[C@H](N3C(=O)NC4(CCN(CC(C)C)CC4)C3=O)C2)c1. The van der Waals surface area contributed by atoms with Crippen molar-refractivity contribution < 1.29 is 9.59 Å². The highest BCUT2D eigenvalue weighted by molar-refractivity contribution is 6.07. The molecule has 6 nitrogen and oxygen atoms in total. The number of amides is 3. The molecule has 1 spiro atoms. The maximum atomic E-state index is 13.4. The number of urea groups is 1. The van der Waals surface area contributed by atoms with Gasteiger partial charge in [0.1, 0.15) is 5.54 Å². The van der Waals surface area contributed by atoms with Gasteiger partial charge in [-0.2, -0.15) is 0 Å². The Labute approximate surface area is 180 Å². The number of hydrogen-bond donors (Lipinski definition) is 1. The Balaban J connectivity index is 1.40. The Morgan fingerprint density at radius 3 is 2.60 bits per heavy atom. The van der Waals surface area contributed by atoms with Crippen molar-refractivity contribution >= 4 is 11.9 Å². The molecule has 3 heterocycles. The second kappa shape index (κ2) is 8.67. The fraction of sp³-hybridized carbons (Fsp3) is 0.667. The number of carbonyl (C=O) groups excluding carboxylic acids is 2. The van der Waals surface area contributed by atoms with Gasteiger partial charge < -0.3 is 10.2 Å². The van der Waals surface area contributed by atoms with Crippen molar-refractivity contribution in [1.82, 2.24) is 20.0 Å². The van der Waals surface area contributed by atoms with Gasteiger partial charge in [-0.05, 0) is 50.6 Å². The topological polar surface area (TPSA) is 55.9 Å². The van der Waals surface area contributed by atoms with Gasteiger partial charge in [0.25, 0.3) is 5.91 Å². The Morgan fingerprint density at radius 2 is 1.90 bits per heavy atom. The van der Waals surface area contributed by atoms with Crippen LogP contribution in [0.4, 0.5) is 4.79 Å². The van der Waals surface area contributed by atoms with E-state index in [2.05, 4.69) is 60.2 Å². The predicted molar refractivity (Wildman–Crippen MR) is 118 cm³/mol. The van der Waals surface area contributed by atoms with Crippen molar-refractivity contribution in [3.63, 3.8) is 0 Å². The minimum Gasteiger partial charge on any atom is -0.323 e. The first kappa shape index (κ1) is 21.3. The quantitative estimate of drug-likeness (QED) is 0.756. The second-order valence-corrected chi connectivity index (χ2v) is 9.90. The van der Waals surface area contributed by atoms with E-state index in [4.69, 9.17) is 0 Å². The first-order chi connectivity index (χ1) is 14.4. The highest BCUT2D eigenvalue weighted by Gasteiger charge is 2.54. The number of hydrogen-bond acceptors (Lipinski definition) is 4. The third kappa shape index (κ3) is 4.40. The molecule has 3 fully saturated rings. The molecule has 30 heavy (non-hydrogen) atoms. The molecule has 4 rings (SSSR count). The molecule has 0 bridgehead atoms. The Bertz CT molecular complexity index is 785. The molecule has 1 aromatic rings. The van der Waals surface area contributed by atoms with E-state index in [-0.39, 0.29) is 18.0 Å². The first-order valence-electron chi connectivity index (χ1n) is 11.5. The van der Waals surface area contributed by atoms with E-state index in [9.17, 15) is 9.59 Å². The van der Waals surface area contributed by atoms with Gasteiger partial charge in [0.05, 0.1) is 6.04 Å². The number of carbonyl (C=O) groups is 2. The zero-order valence-corrected chi connectivity index (χ0v) is 18.7. The summed E-state index contributed by atoms with van der Waals surface area (Å²) in [6, 6.07) is 8.38. The van der Waals surface area contributed by atoms with E-state index in [1.165, 1.54) is 11.1 Å². The van der Waals surface area contributed by atoms with Gasteiger partial charge in [0.2, 0.25) is 0 Å². The molecular weight excluding hydrogens is 376 g/mol. The lowest BCUT2D eigenvalue weighted by atomic mass is 9.86. The molecule has 0 unspecified atom stereocenters. The molecule has 0 saturated carbocycles. The van der Waals surface area contributed by atoms with E-state index < -0.39 is 5.54 Å². The Morgan fingerprint density at radius 1 is 1.13 bits per heavy atom. The minimum absolute atomic E-state index is 0.0131. The van der Waals surface area contributed by atoms with Crippen molar-refractivity contribution in [2.75, 3.05) is 32.7 Å². The van der Waals surface area contributed by atoms with Crippen LogP contribution in [0, 0.1) is 12.8 Å². The number of likely N-dealkylation sites (tertiary alicyclic amines) is 2. The zero-order chi connectivity index (χ0) is 21.3. The summed E-state index contributed by atoms with van der Waals surface area (Å²) in [6.07, 6.45) is 3.36. The number of rotatable bonds is 5. The van der Waals surface area contributed by atoms with Crippen LogP contribution in [0.15, 0.2) is 24.3 Å². The summed E-state index contributed by atoms with van der Waals surface area (Å²) >= 11 is 0. The number of aryl methyl sites for hydroxylation is 1. The maximum absolute atomic E-state index is 13.4. The van der Waals surface area contributed by atoms with Crippen LogP contribution in [0.2, 0.25) is 0 Å². The molecule has 1 N–H and O–H groups in total. The molecule has 0 aliphatic carbocycles. The summed E-state index contributed by atoms with van der Waals surface area (Å²) in [4.78, 5) is 32.7. The zero-order valence-electron chi connectivity index (χ0n) is 18.7. The van der Waals surface area contributed by atoms with Gasteiger partial charge in [-0.1, -0.05) is 43.7 Å². The van der Waals surface area contributed by atoms with Gasteiger partial charge in [-0.15, -0.1) is 0 Å². The highest BCUT2D eigenvalue weighted by Crippen LogP contribution is 2.32. The average Bonchev–Trinajstić information content (AvgIpc) is 2.93. The molecule has 3 saturated heterocycles. The number of nitrogens with zero attached hydrogens (tertiary/aromatic N) is 3. The van der Waals surface area contributed by atoms with Crippen LogP contribution in [0.25, 0.3) is 0 Å². The Hall–Kier alpha value is -1.92. The van der Waals surface area contributed by atoms with Crippen molar-refractivity contribution in [1.29, 1.82) is 0 Å². The molecule has 6 heteroatoms. The molecule has 0 radical (unpaired) electrons. The second-order valence-electron chi connectivity index (χ2n) is 9.90. The fourth-order valence-corrected chi connectivity index (χ4v) is 5.40. The normalized spacial score (nSPS) is 25.3. The fourth-order valence-electron chi connectivity index (χ4n) is 5.40. The van der Waals surface area contributed by atoms with Crippen molar-refractivity contribution in [3.05, 3.63) is 35.4 Å². The molecule has 1 atom stereocenters. The van der Waals surface area contributed by atoms with E-state index in [1.807, 2.05) is 0 Å². The lowest BCUT2D eigenvalue weighted by Gasteiger charge is -2.39. The van der Waals surface area contributed by atoms with Crippen LogP contribution >= 0.6 is 0 Å². The van der Waals surface area contributed by atoms with Crippen LogP contribution in [0.3, 0.4) is 0 Å². The summed E-state index contributed by atoms with van der Waals surface area (Å²) in [5.74, 6) is 0.630. The van der Waals surface area contributed by atoms with Gasteiger partial charge in [0.15, 0.2) is 0 Å². The predicted octanol–water partition coefficient (Wildman–Crippen LogP) is 3.00. The van der Waals surface area contributed by atoms with Gasteiger partial charge in [0, 0.05) is 32.7 Å². The third-order valence-corrected chi connectivity index (χ3v) is 6.86. The maximum Gasteiger partial charge on any atom is 0.325 e. The standard InChI is InChI=1S/C24H36N4O2/c1-18(2)15-26-12-9-24(10-13-26)22(29)28(23(30)25-24)21-8-5-11-27(17-21)16-20-7-4-6-19(3)14-20/h4,6-7,14,18,21H,5,8-13,15-17H2,1-3H3,(H,25,30)/t21-/m0/s1. The minimum atomic E-state index is -0.677. The number of nitrogens with one attached hydrogen (secondary N) is 1. The molecule has 0 aromatic heterocycles.